The maximum atomic E-state index is 12.2. The van der Waals surface area contributed by atoms with Gasteiger partial charge in [-0.3, -0.25) is 9.36 Å². The number of urea groups is 1. The van der Waals surface area contributed by atoms with E-state index in [1.54, 1.807) is 10.6 Å². The number of hydrogen-bond donors (Lipinski definition) is 3. The van der Waals surface area contributed by atoms with E-state index in [0.717, 1.165) is 41.7 Å². The van der Waals surface area contributed by atoms with Crippen LogP contribution in [-0.4, -0.2) is 39.4 Å². The Kier molecular flexibility index (Phi) is 7.08. The zero-order valence-corrected chi connectivity index (χ0v) is 17.9. The summed E-state index contributed by atoms with van der Waals surface area (Å²) in [6.07, 6.45) is 3.49. The Morgan fingerprint density at radius 3 is 2.83 bits per heavy atom. The van der Waals surface area contributed by atoms with Crippen LogP contribution in [0.2, 0.25) is 0 Å². The summed E-state index contributed by atoms with van der Waals surface area (Å²) in [5.41, 5.74) is 1.55. The third-order valence-electron chi connectivity index (χ3n) is 4.74. The topological polar surface area (TPSA) is 110 Å². The Bertz CT molecular complexity index is 952. The summed E-state index contributed by atoms with van der Waals surface area (Å²) in [5.74, 6) is 0.541. The fourth-order valence-electron chi connectivity index (χ4n) is 3.21. The Balaban J connectivity index is 1.35. The second-order valence-electron chi connectivity index (χ2n) is 7.00. The van der Waals surface area contributed by atoms with Gasteiger partial charge in [-0.15, -0.1) is 0 Å². The summed E-state index contributed by atoms with van der Waals surface area (Å²) in [7, 11) is 0. The lowest BCUT2D eigenvalue weighted by Gasteiger charge is -2.10. The van der Waals surface area contributed by atoms with Crippen molar-refractivity contribution in [2.24, 2.45) is 0 Å². The van der Waals surface area contributed by atoms with Crippen molar-refractivity contribution in [3.63, 3.8) is 0 Å². The molecule has 0 saturated heterocycles. The van der Waals surface area contributed by atoms with Crippen LogP contribution in [0.1, 0.15) is 30.7 Å². The smallest absolute Gasteiger partial charge is 0.338 e. The fraction of sp³-hybridized carbons (Fsp3) is 0.474. The molecule has 29 heavy (non-hydrogen) atoms. The first kappa shape index (κ1) is 21.1. The Labute approximate surface area is 177 Å². The normalized spacial score (nSPS) is 12.9. The number of amides is 3. The molecule has 3 N–H and O–H groups in total. The molecule has 0 radical (unpaired) electrons. The van der Waals surface area contributed by atoms with Gasteiger partial charge in [0.25, 0.3) is 0 Å². The van der Waals surface area contributed by atoms with E-state index in [2.05, 4.69) is 37.0 Å². The minimum Gasteiger partial charge on any atom is -0.338 e. The summed E-state index contributed by atoms with van der Waals surface area (Å²) in [4.78, 5) is 36.1. The second kappa shape index (κ2) is 9.73. The van der Waals surface area contributed by atoms with Crippen LogP contribution < -0.4 is 21.6 Å². The van der Waals surface area contributed by atoms with E-state index in [4.69, 9.17) is 0 Å². The Morgan fingerprint density at radius 1 is 1.24 bits per heavy atom. The number of aromatic nitrogens is 3. The Morgan fingerprint density at radius 2 is 2.07 bits per heavy atom. The highest BCUT2D eigenvalue weighted by molar-refractivity contribution is 9.10. The molecular weight excluding hydrogens is 440 g/mol. The molecule has 2 heterocycles. The monoisotopic (exact) mass is 464 g/mol. The number of anilines is 1. The minimum absolute atomic E-state index is 0.0796. The fourth-order valence-corrected chi connectivity index (χ4v) is 3.69. The van der Waals surface area contributed by atoms with E-state index in [1.807, 2.05) is 19.1 Å². The Hall–Kier alpha value is -2.62. The molecule has 10 heteroatoms. The van der Waals surface area contributed by atoms with Crippen molar-refractivity contribution >= 4 is 33.6 Å². The number of benzene rings is 1. The first-order valence-corrected chi connectivity index (χ1v) is 10.5. The van der Waals surface area contributed by atoms with Crippen LogP contribution in [0.4, 0.5) is 10.5 Å². The highest BCUT2D eigenvalue weighted by atomic mass is 79.9. The van der Waals surface area contributed by atoms with Gasteiger partial charge < -0.3 is 16.0 Å². The lowest BCUT2D eigenvalue weighted by molar-refractivity contribution is -0.115. The number of carbonyl (C=O) groups excluding carboxylic acids is 2. The summed E-state index contributed by atoms with van der Waals surface area (Å²) < 4.78 is 4.13. The highest BCUT2D eigenvalue weighted by Crippen LogP contribution is 2.19. The van der Waals surface area contributed by atoms with Gasteiger partial charge in [0.1, 0.15) is 5.82 Å². The van der Waals surface area contributed by atoms with Crippen molar-refractivity contribution in [1.29, 1.82) is 0 Å². The van der Waals surface area contributed by atoms with Crippen LogP contribution >= 0.6 is 15.9 Å². The van der Waals surface area contributed by atoms with Crippen LogP contribution in [-0.2, 0) is 24.3 Å². The number of carbonyl (C=O) groups is 2. The van der Waals surface area contributed by atoms with Crippen molar-refractivity contribution in [2.45, 2.75) is 45.7 Å². The average Bonchev–Trinajstić information content (AvgIpc) is 3.02. The average molecular weight is 465 g/mol. The van der Waals surface area contributed by atoms with Crippen molar-refractivity contribution < 1.29 is 9.59 Å². The maximum absolute atomic E-state index is 12.2. The molecule has 1 aliphatic rings. The SMILES string of the molecule is Cc1cc(Br)ccc1NC(=O)CNC(=O)NCCCn1nc2n(c1=O)CCCC2. The van der Waals surface area contributed by atoms with Crippen LogP contribution in [0.5, 0.6) is 0 Å². The van der Waals surface area contributed by atoms with Gasteiger partial charge in [-0.2, -0.15) is 5.10 Å². The standard InChI is InChI=1S/C19H25BrN6O3/c1-13-11-14(20)6-7-15(13)23-17(27)12-22-18(28)21-8-4-10-26-19(29)25-9-3-2-5-16(25)24-26/h6-7,11H,2-5,8-10,12H2,1H3,(H,23,27)(H2,21,22,28). The zero-order chi connectivity index (χ0) is 20.8. The second-order valence-corrected chi connectivity index (χ2v) is 7.92. The van der Waals surface area contributed by atoms with E-state index in [-0.39, 0.29) is 18.1 Å². The van der Waals surface area contributed by atoms with E-state index >= 15 is 0 Å². The first-order chi connectivity index (χ1) is 13.9. The quantitative estimate of drug-likeness (QED) is 0.542. The molecule has 3 amide bonds. The van der Waals surface area contributed by atoms with E-state index in [0.29, 0.717) is 25.2 Å². The summed E-state index contributed by atoms with van der Waals surface area (Å²) in [5, 5.41) is 12.3. The third-order valence-corrected chi connectivity index (χ3v) is 5.23. The van der Waals surface area contributed by atoms with Crippen molar-refractivity contribution in [1.82, 2.24) is 25.0 Å². The lowest BCUT2D eigenvalue weighted by atomic mass is 10.2. The molecule has 0 spiro atoms. The highest BCUT2D eigenvalue weighted by Gasteiger charge is 2.16. The summed E-state index contributed by atoms with van der Waals surface area (Å²) in [6.45, 7) is 3.32. The molecule has 0 saturated carbocycles. The van der Waals surface area contributed by atoms with Crippen molar-refractivity contribution in [2.75, 3.05) is 18.4 Å². The molecular formula is C19H25BrN6O3. The largest absolute Gasteiger partial charge is 0.345 e. The minimum atomic E-state index is -0.427. The van der Waals surface area contributed by atoms with Crippen LogP contribution in [0.25, 0.3) is 0 Å². The molecule has 0 bridgehead atoms. The molecule has 9 nitrogen and oxygen atoms in total. The van der Waals surface area contributed by atoms with Crippen LogP contribution in [0.3, 0.4) is 0 Å². The molecule has 0 aliphatic carbocycles. The van der Waals surface area contributed by atoms with Gasteiger partial charge >= 0.3 is 11.7 Å². The number of fused-ring (bicyclic) bond motifs is 1. The van der Waals surface area contributed by atoms with E-state index in [9.17, 15) is 14.4 Å². The van der Waals surface area contributed by atoms with Gasteiger partial charge in [0, 0.05) is 36.2 Å². The van der Waals surface area contributed by atoms with Gasteiger partial charge in [0.2, 0.25) is 5.91 Å². The molecule has 0 atom stereocenters. The van der Waals surface area contributed by atoms with E-state index < -0.39 is 6.03 Å². The molecule has 1 aromatic carbocycles. The van der Waals surface area contributed by atoms with Gasteiger partial charge in [-0.1, -0.05) is 15.9 Å². The number of nitrogens with one attached hydrogen (secondary N) is 3. The third kappa shape index (κ3) is 5.69. The summed E-state index contributed by atoms with van der Waals surface area (Å²) >= 11 is 3.37. The summed E-state index contributed by atoms with van der Waals surface area (Å²) in [6, 6.07) is 5.11. The van der Waals surface area contributed by atoms with Gasteiger partial charge in [-0.05, 0) is 49.9 Å². The predicted molar refractivity (Wildman–Crippen MR) is 113 cm³/mol. The predicted octanol–water partition coefficient (Wildman–Crippen LogP) is 1.78. The molecule has 2 aromatic rings. The molecule has 1 aliphatic heterocycles. The number of rotatable bonds is 7. The molecule has 0 fully saturated rings. The number of nitrogens with zero attached hydrogens (tertiary/aromatic N) is 3. The van der Waals surface area contributed by atoms with Gasteiger partial charge in [0.15, 0.2) is 0 Å². The number of hydrogen-bond acceptors (Lipinski definition) is 4. The number of aryl methyl sites for hydroxylation is 3. The zero-order valence-electron chi connectivity index (χ0n) is 16.3. The lowest BCUT2D eigenvalue weighted by Crippen LogP contribution is -2.40. The van der Waals surface area contributed by atoms with Crippen LogP contribution in [0.15, 0.2) is 27.5 Å². The van der Waals surface area contributed by atoms with Gasteiger partial charge in [-0.25, -0.2) is 14.3 Å². The molecule has 1 aromatic heterocycles. The molecule has 0 unspecified atom stereocenters. The van der Waals surface area contributed by atoms with Crippen LogP contribution in [0, 0.1) is 6.92 Å². The maximum Gasteiger partial charge on any atom is 0.345 e. The molecule has 156 valence electrons. The van der Waals surface area contributed by atoms with Gasteiger partial charge in [0.05, 0.1) is 6.54 Å². The number of halogens is 1. The van der Waals surface area contributed by atoms with Crippen molar-refractivity contribution in [3.05, 3.63) is 44.5 Å². The molecule has 3 rings (SSSR count). The van der Waals surface area contributed by atoms with E-state index in [1.165, 1.54) is 4.68 Å². The first-order valence-electron chi connectivity index (χ1n) is 9.68. The van der Waals surface area contributed by atoms with Crippen molar-refractivity contribution in [3.8, 4) is 0 Å².